The predicted molar refractivity (Wildman–Crippen MR) is 95.2 cm³/mol. The summed E-state index contributed by atoms with van der Waals surface area (Å²) in [6.45, 7) is 2.06. The lowest BCUT2D eigenvalue weighted by Gasteiger charge is -2.03. The minimum absolute atomic E-state index is 0.726. The van der Waals surface area contributed by atoms with Gasteiger partial charge in [0.05, 0.1) is 5.69 Å². The molecule has 0 fully saturated rings. The van der Waals surface area contributed by atoms with Crippen LogP contribution in [0.3, 0.4) is 0 Å². The molecule has 2 heterocycles. The largest absolute Gasteiger partial charge is 0.227 e. The molecule has 2 aromatic carbocycles. The molecule has 118 valence electrons. The fraction of sp³-hybridized carbons (Fsp3) is 0.111. The smallest absolute Gasteiger partial charge is 0.187 e. The zero-order valence-electron chi connectivity index (χ0n) is 13.1. The van der Waals surface area contributed by atoms with Crippen LogP contribution in [-0.4, -0.2) is 25.0 Å². The monoisotopic (exact) mass is 333 g/mol. The number of nitrogens with zero attached hydrogens (tertiary/aromatic N) is 5. The molecule has 0 saturated carbocycles. The molecule has 0 amide bonds. The quantitative estimate of drug-likeness (QED) is 0.420. The first kappa shape index (κ1) is 14.8. The third-order valence-electron chi connectivity index (χ3n) is 3.70. The number of thioether (sulfide) groups is 1. The summed E-state index contributed by atoms with van der Waals surface area (Å²) in [6, 6.07) is 18.4. The van der Waals surface area contributed by atoms with Gasteiger partial charge in [-0.3, -0.25) is 0 Å². The average Bonchev–Trinajstić information content (AvgIpc) is 3.06. The van der Waals surface area contributed by atoms with E-state index in [9.17, 15) is 0 Å². The summed E-state index contributed by atoms with van der Waals surface area (Å²) < 4.78 is 1.75. The van der Waals surface area contributed by atoms with Crippen LogP contribution in [0.5, 0.6) is 0 Å². The second-order valence-corrected chi connectivity index (χ2v) is 6.43. The van der Waals surface area contributed by atoms with Gasteiger partial charge >= 0.3 is 0 Å². The van der Waals surface area contributed by atoms with Crippen LogP contribution in [0.4, 0.5) is 0 Å². The number of benzene rings is 2. The van der Waals surface area contributed by atoms with Crippen molar-refractivity contribution in [1.29, 1.82) is 0 Å². The SMILES string of the molecule is Cc1ccc(-n2nnc3c(SCc4ccccc4)ncnc32)cc1. The van der Waals surface area contributed by atoms with Crippen LogP contribution in [0, 0.1) is 6.92 Å². The fourth-order valence-electron chi connectivity index (χ4n) is 2.42. The second-order valence-electron chi connectivity index (χ2n) is 5.46. The summed E-state index contributed by atoms with van der Waals surface area (Å²) in [5.41, 5.74) is 4.86. The van der Waals surface area contributed by atoms with E-state index in [4.69, 9.17) is 0 Å². The molecule has 0 bridgehead atoms. The minimum atomic E-state index is 0.726. The first-order chi connectivity index (χ1) is 11.8. The van der Waals surface area contributed by atoms with Gasteiger partial charge in [-0.15, -0.1) is 5.10 Å². The van der Waals surface area contributed by atoms with E-state index in [0.29, 0.717) is 0 Å². The molecule has 0 unspecified atom stereocenters. The van der Waals surface area contributed by atoms with Crippen molar-refractivity contribution in [3.05, 3.63) is 72.1 Å². The van der Waals surface area contributed by atoms with E-state index < -0.39 is 0 Å². The van der Waals surface area contributed by atoms with E-state index in [0.717, 1.165) is 27.6 Å². The number of hydrogen-bond donors (Lipinski definition) is 0. The molecule has 0 spiro atoms. The number of hydrogen-bond acceptors (Lipinski definition) is 5. The molecule has 4 aromatic rings. The van der Waals surface area contributed by atoms with Gasteiger partial charge in [0.2, 0.25) is 0 Å². The summed E-state index contributed by atoms with van der Waals surface area (Å²) in [6.07, 6.45) is 1.57. The van der Waals surface area contributed by atoms with E-state index in [1.54, 1.807) is 22.8 Å². The van der Waals surface area contributed by atoms with Crippen molar-refractivity contribution in [2.24, 2.45) is 0 Å². The number of aryl methyl sites for hydroxylation is 1. The maximum absolute atomic E-state index is 4.38. The van der Waals surface area contributed by atoms with Crippen LogP contribution < -0.4 is 0 Å². The third kappa shape index (κ3) is 2.88. The molecule has 5 nitrogen and oxygen atoms in total. The van der Waals surface area contributed by atoms with Crippen LogP contribution in [-0.2, 0) is 5.75 Å². The molecular formula is C18H15N5S. The predicted octanol–water partition coefficient (Wildman–Crippen LogP) is 3.81. The van der Waals surface area contributed by atoms with Crippen molar-refractivity contribution in [1.82, 2.24) is 25.0 Å². The van der Waals surface area contributed by atoms with Crippen molar-refractivity contribution < 1.29 is 0 Å². The standard InChI is InChI=1S/C18H15N5S/c1-13-7-9-15(10-8-13)23-17-16(21-22-23)18(20-12-19-17)24-11-14-5-3-2-4-6-14/h2-10,12H,11H2,1H3. The Morgan fingerprint density at radius 3 is 2.54 bits per heavy atom. The lowest BCUT2D eigenvalue weighted by Crippen LogP contribution is -1.98. The van der Waals surface area contributed by atoms with Crippen molar-refractivity contribution in [3.63, 3.8) is 0 Å². The Kier molecular flexibility index (Phi) is 3.96. The molecule has 24 heavy (non-hydrogen) atoms. The van der Waals surface area contributed by atoms with Gasteiger partial charge in [0.25, 0.3) is 0 Å². The maximum atomic E-state index is 4.38. The molecule has 0 aliphatic carbocycles. The van der Waals surface area contributed by atoms with E-state index >= 15 is 0 Å². The molecule has 4 rings (SSSR count). The van der Waals surface area contributed by atoms with Crippen LogP contribution in [0.2, 0.25) is 0 Å². The first-order valence-corrected chi connectivity index (χ1v) is 8.60. The van der Waals surface area contributed by atoms with E-state index in [1.807, 2.05) is 30.3 Å². The van der Waals surface area contributed by atoms with E-state index in [-0.39, 0.29) is 0 Å². The Bertz CT molecular complexity index is 964. The third-order valence-corrected chi connectivity index (χ3v) is 4.75. The molecule has 0 atom stereocenters. The molecule has 0 N–H and O–H groups in total. The summed E-state index contributed by atoms with van der Waals surface area (Å²) in [5.74, 6) is 0.838. The molecule has 0 aliphatic rings. The molecule has 6 heteroatoms. The minimum Gasteiger partial charge on any atom is -0.227 e. The summed E-state index contributed by atoms with van der Waals surface area (Å²) in [5, 5.41) is 9.41. The average molecular weight is 333 g/mol. The summed E-state index contributed by atoms with van der Waals surface area (Å²) in [4.78, 5) is 8.75. The van der Waals surface area contributed by atoms with Crippen molar-refractivity contribution >= 4 is 22.9 Å². The van der Waals surface area contributed by atoms with Gasteiger partial charge in [-0.2, -0.15) is 4.68 Å². The Hall–Kier alpha value is -2.73. The lowest BCUT2D eigenvalue weighted by molar-refractivity contribution is 0.816. The van der Waals surface area contributed by atoms with Crippen molar-refractivity contribution in [2.75, 3.05) is 0 Å². The van der Waals surface area contributed by atoms with Gasteiger partial charge in [0.1, 0.15) is 11.4 Å². The highest BCUT2D eigenvalue weighted by atomic mass is 32.2. The summed E-state index contributed by atoms with van der Waals surface area (Å²) >= 11 is 1.65. The highest BCUT2D eigenvalue weighted by Gasteiger charge is 2.13. The van der Waals surface area contributed by atoms with Crippen LogP contribution in [0.25, 0.3) is 16.9 Å². The topological polar surface area (TPSA) is 56.5 Å². The molecule has 0 aliphatic heterocycles. The van der Waals surface area contributed by atoms with Gasteiger partial charge in [0, 0.05) is 5.75 Å². The highest BCUT2D eigenvalue weighted by Crippen LogP contribution is 2.26. The van der Waals surface area contributed by atoms with Crippen molar-refractivity contribution in [2.45, 2.75) is 17.7 Å². The van der Waals surface area contributed by atoms with Crippen LogP contribution >= 0.6 is 11.8 Å². The Balaban J connectivity index is 1.67. The van der Waals surface area contributed by atoms with Gasteiger partial charge in [-0.05, 0) is 24.6 Å². The molecule has 0 radical (unpaired) electrons. The zero-order valence-corrected chi connectivity index (χ0v) is 13.9. The normalized spacial score (nSPS) is 11.0. The number of rotatable bonds is 4. The molecule has 2 aromatic heterocycles. The van der Waals surface area contributed by atoms with Gasteiger partial charge in [0.15, 0.2) is 11.2 Å². The van der Waals surface area contributed by atoms with E-state index in [2.05, 4.69) is 51.5 Å². The highest BCUT2D eigenvalue weighted by molar-refractivity contribution is 7.98. The molecular weight excluding hydrogens is 318 g/mol. The molecule has 0 saturated heterocycles. The Morgan fingerprint density at radius 1 is 0.958 bits per heavy atom. The van der Waals surface area contributed by atoms with Crippen molar-refractivity contribution in [3.8, 4) is 5.69 Å². The first-order valence-electron chi connectivity index (χ1n) is 7.61. The van der Waals surface area contributed by atoms with Gasteiger partial charge in [-0.25, -0.2) is 9.97 Å². The Labute approximate surface area is 143 Å². The summed E-state index contributed by atoms with van der Waals surface area (Å²) in [7, 11) is 0. The zero-order chi connectivity index (χ0) is 16.4. The Morgan fingerprint density at radius 2 is 1.75 bits per heavy atom. The van der Waals surface area contributed by atoms with Crippen LogP contribution in [0.1, 0.15) is 11.1 Å². The van der Waals surface area contributed by atoms with Gasteiger partial charge in [-0.1, -0.05) is 65.0 Å². The van der Waals surface area contributed by atoms with E-state index in [1.165, 1.54) is 11.1 Å². The lowest BCUT2D eigenvalue weighted by atomic mass is 10.2. The maximum Gasteiger partial charge on any atom is 0.187 e. The second kappa shape index (κ2) is 6.41. The van der Waals surface area contributed by atoms with Gasteiger partial charge < -0.3 is 0 Å². The number of aromatic nitrogens is 5. The van der Waals surface area contributed by atoms with Crippen LogP contribution in [0.15, 0.2) is 66.0 Å². The fourth-order valence-corrected chi connectivity index (χ4v) is 3.31. The number of fused-ring (bicyclic) bond motifs is 1.